The number of carbonyl (C=O) groups excluding carboxylic acids is 1. The number of nitrogens with one attached hydrogen (secondary N) is 1. The number of rotatable bonds is 2. The zero-order chi connectivity index (χ0) is 9.02. The maximum atomic E-state index is 10.6. The molecule has 0 atom stereocenters. The van der Waals surface area contributed by atoms with Crippen molar-refractivity contribution in [3.05, 3.63) is 11.3 Å². The van der Waals surface area contributed by atoms with Gasteiger partial charge in [0.05, 0.1) is 0 Å². The zero-order valence-electron chi connectivity index (χ0n) is 5.52. The summed E-state index contributed by atoms with van der Waals surface area (Å²) < 4.78 is 3.73. The lowest BCUT2D eigenvalue weighted by molar-refractivity contribution is -0.129. The molecule has 0 aromatic carbocycles. The summed E-state index contributed by atoms with van der Waals surface area (Å²) in [4.78, 5) is 10.6. The molecule has 0 bridgehead atoms. The Morgan fingerprint density at radius 2 is 2.09 bits per heavy atom. The molecule has 0 spiro atoms. The van der Waals surface area contributed by atoms with E-state index >= 15 is 0 Å². The second kappa shape index (κ2) is 4.20. The van der Waals surface area contributed by atoms with Crippen LogP contribution in [0.3, 0.4) is 0 Å². The van der Waals surface area contributed by atoms with Crippen LogP contribution in [-0.2, 0) is 9.08 Å². The third-order valence-electron chi connectivity index (χ3n) is 0.855. The van der Waals surface area contributed by atoms with E-state index in [1.807, 2.05) is 0 Å². The van der Waals surface area contributed by atoms with Gasteiger partial charge in [-0.1, -0.05) is 11.6 Å². The first-order valence-corrected chi connectivity index (χ1v) is 3.16. The third-order valence-corrected chi connectivity index (χ3v) is 1.18. The van der Waals surface area contributed by atoms with E-state index in [9.17, 15) is 4.79 Å². The van der Waals surface area contributed by atoms with Gasteiger partial charge in [-0.15, -0.1) is 0 Å². The second-order valence-electron chi connectivity index (χ2n) is 1.64. The second-order valence-corrected chi connectivity index (χ2v) is 2.17. The first-order chi connectivity index (χ1) is 5.00. The molecule has 6 heteroatoms. The number of hydrogen-bond acceptors (Lipinski definition) is 4. The highest BCUT2D eigenvalue weighted by atomic mass is 35.5. The molecule has 0 amide bonds. The summed E-state index contributed by atoms with van der Waals surface area (Å²) >= 11 is 9.80. The van der Waals surface area contributed by atoms with Gasteiger partial charge < -0.3 is 9.40 Å². The summed E-state index contributed by atoms with van der Waals surface area (Å²) in [5.74, 6) is -1.46. The molecule has 4 nitrogen and oxygen atoms in total. The molecule has 0 aromatic rings. The fourth-order valence-electron chi connectivity index (χ4n) is 0.435. The molecule has 0 rings (SSSR count). The standard InChI is InChI=1S/C5H5Cl2NO3/c1-2(9)3(4(6)8)5(10)11-7/h8-9H,1H3. The van der Waals surface area contributed by atoms with Gasteiger partial charge in [0.15, 0.2) is 0 Å². The van der Waals surface area contributed by atoms with E-state index in [4.69, 9.17) is 22.1 Å². The van der Waals surface area contributed by atoms with Gasteiger partial charge in [-0.3, -0.25) is 5.41 Å². The number of hydrogen-bond donors (Lipinski definition) is 2. The van der Waals surface area contributed by atoms with Gasteiger partial charge in [0, 0.05) is 0 Å². The van der Waals surface area contributed by atoms with Crippen molar-refractivity contribution in [1.29, 1.82) is 5.41 Å². The number of halogens is 2. The summed E-state index contributed by atoms with van der Waals surface area (Å²) in [5, 5.41) is 15.0. The molecule has 0 radical (unpaired) electrons. The minimum absolute atomic E-state index is 0.407. The Bertz CT molecular complexity index is 220. The van der Waals surface area contributed by atoms with E-state index in [0.29, 0.717) is 0 Å². The van der Waals surface area contributed by atoms with Crippen LogP contribution < -0.4 is 0 Å². The normalized spacial score (nSPS) is 11.9. The zero-order valence-corrected chi connectivity index (χ0v) is 7.03. The van der Waals surface area contributed by atoms with Crippen LogP contribution in [-0.4, -0.2) is 16.2 Å². The fraction of sp³-hybridized carbons (Fsp3) is 0.200. The van der Waals surface area contributed by atoms with Crippen molar-refractivity contribution in [2.45, 2.75) is 6.92 Å². The molecule has 0 aliphatic carbocycles. The Morgan fingerprint density at radius 1 is 1.64 bits per heavy atom. The highest BCUT2D eigenvalue weighted by Gasteiger charge is 2.17. The lowest BCUT2D eigenvalue weighted by Crippen LogP contribution is -2.10. The minimum Gasteiger partial charge on any atom is -0.512 e. The summed E-state index contributed by atoms with van der Waals surface area (Å²) in [6, 6.07) is 0. The Labute approximate surface area is 73.0 Å². The SMILES string of the molecule is CC(O)=C(C(=N)Cl)C(=O)OCl. The Balaban J connectivity index is 4.79. The van der Waals surface area contributed by atoms with Gasteiger partial charge in [0.2, 0.25) is 0 Å². The molecule has 62 valence electrons. The Hall–Kier alpha value is -0.740. The molecule has 0 aliphatic rings. The van der Waals surface area contributed by atoms with Crippen molar-refractivity contribution in [2.24, 2.45) is 0 Å². The lowest BCUT2D eigenvalue weighted by atomic mass is 10.2. The van der Waals surface area contributed by atoms with Crippen molar-refractivity contribution in [2.75, 3.05) is 0 Å². The molecule has 0 fully saturated rings. The molecule has 11 heavy (non-hydrogen) atoms. The minimum atomic E-state index is -1.05. The van der Waals surface area contributed by atoms with E-state index in [2.05, 4.69) is 16.2 Å². The molecular formula is C5H5Cl2NO3. The third kappa shape index (κ3) is 2.78. The van der Waals surface area contributed by atoms with Crippen molar-refractivity contribution in [3.8, 4) is 0 Å². The first-order valence-electron chi connectivity index (χ1n) is 2.48. The van der Waals surface area contributed by atoms with Crippen LogP contribution in [0.25, 0.3) is 0 Å². The van der Waals surface area contributed by atoms with Gasteiger partial charge in [-0.2, -0.15) is 0 Å². The van der Waals surface area contributed by atoms with Crippen LogP contribution in [0.5, 0.6) is 0 Å². The first kappa shape index (κ1) is 10.3. The van der Waals surface area contributed by atoms with Crippen LogP contribution in [0.2, 0.25) is 0 Å². The van der Waals surface area contributed by atoms with Crippen LogP contribution >= 0.6 is 23.5 Å². The average Bonchev–Trinajstić information content (AvgIpc) is 1.85. The average molecular weight is 198 g/mol. The maximum absolute atomic E-state index is 10.6. The smallest absolute Gasteiger partial charge is 0.362 e. The van der Waals surface area contributed by atoms with Gasteiger partial charge in [-0.25, -0.2) is 4.79 Å². The molecule has 0 saturated carbocycles. The molecule has 0 heterocycles. The monoisotopic (exact) mass is 197 g/mol. The van der Waals surface area contributed by atoms with Crippen molar-refractivity contribution < 1.29 is 14.2 Å². The number of carbonyl (C=O) groups is 1. The van der Waals surface area contributed by atoms with E-state index in [-0.39, 0.29) is 0 Å². The van der Waals surface area contributed by atoms with Crippen LogP contribution in [0.15, 0.2) is 11.3 Å². The molecular weight excluding hydrogens is 193 g/mol. The predicted molar refractivity (Wildman–Crippen MR) is 40.9 cm³/mol. The van der Waals surface area contributed by atoms with E-state index in [1.165, 1.54) is 6.92 Å². The summed E-state index contributed by atoms with van der Waals surface area (Å²) in [7, 11) is 0. The lowest BCUT2D eigenvalue weighted by Gasteiger charge is -1.99. The molecule has 0 unspecified atom stereocenters. The highest BCUT2D eigenvalue weighted by Crippen LogP contribution is 2.09. The van der Waals surface area contributed by atoms with Crippen molar-refractivity contribution in [3.63, 3.8) is 0 Å². The topological polar surface area (TPSA) is 70.4 Å². The number of allylic oxidation sites excluding steroid dienone is 1. The molecule has 0 aromatic heterocycles. The summed E-state index contributed by atoms with van der Waals surface area (Å²) in [6.45, 7) is 1.19. The van der Waals surface area contributed by atoms with Gasteiger partial charge in [0.25, 0.3) is 0 Å². The van der Waals surface area contributed by atoms with Gasteiger partial charge >= 0.3 is 5.97 Å². The fourth-order valence-corrected chi connectivity index (χ4v) is 0.726. The largest absolute Gasteiger partial charge is 0.512 e. The van der Waals surface area contributed by atoms with Crippen LogP contribution in [0.1, 0.15) is 6.92 Å². The van der Waals surface area contributed by atoms with Crippen LogP contribution in [0, 0.1) is 5.41 Å². The number of aliphatic hydroxyl groups is 1. The Morgan fingerprint density at radius 3 is 2.18 bits per heavy atom. The van der Waals surface area contributed by atoms with Gasteiger partial charge in [0.1, 0.15) is 28.4 Å². The molecule has 0 saturated heterocycles. The number of aliphatic hydroxyl groups excluding tert-OH is 1. The summed E-state index contributed by atoms with van der Waals surface area (Å²) in [5.41, 5.74) is -0.443. The molecule has 2 N–H and O–H groups in total. The van der Waals surface area contributed by atoms with E-state index in [1.54, 1.807) is 0 Å². The van der Waals surface area contributed by atoms with E-state index < -0.39 is 22.5 Å². The quantitative estimate of drug-likeness (QED) is 0.403. The summed E-state index contributed by atoms with van der Waals surface area (Å²) in [6.07, 6.45) is 0. The van der Waals surface area contributed by atoms with Gasteiger partial charge in [-0.05, 0) is 6.92 Å². The predicted octanol–water partition coefficient (Wildman–Crippen LogP) is 1.73. The van der Waals surface area contributed by atoms with Crippen molar-refractivity contribution in [1.82, 2.24) is 0 Å². The Kier molecular flexibility index (Phi) is 3.92. The van der Waals surface area contributed by atoms with Crippen LogP contribution in [0.4, 0.5) is 0 Å². The molecule has 0 aliphatic heterocycles. The maximum Gasteiger partial charge on any atom is 0.362 e. The highest BCUT2D eigenvalue weighted by molar-refractivity contribution is 6.71. The van der Waals surface area contributed by atoms with Crippen molar-refractivity contribution >= 4 is 34.6 Å². The van der Waals surface area contributed by atoms with E-state index in [0.717, 1.165) is 0 Å².